The number of likely N-dealkylation sites (N-methyl/N-ethyl adjacent to an activating group) is 2. The van der Waals surface area contributed by atoms with Gasteiger partial charge >= 0.3 is 0 Å². The van der Waals surface area contributed by atoms with Gasteiger partial charge in [-0.15, -0.1) is 0 Å². The lowest BCUT2D eigenvalue weighted by molar-refractivity contribution is -0.240. The van der Waals surface area contributed by atoms with Gasteiger partial charge in [0.1, 0.15) is 0 Å². The molecule has 0 aromatic carbocycles. The zero-order valence-corrected chi connectivity index (χ0v) is 11.4. The van der Waals surface area contributed by atoms with E-state index in [1.54, 1.807) is 0 Å². The number of rotatable bonds is 3. The molecule has 0 aromatic heterocycles. The minimum atomic E-state index is -0.185. The Kier molecular flexibility index (Phi) is 4.38. The largest absolute Gasteiger partial charge is 0.375 e. The minimum absolute atomic E-state index is 0.185. The first-order valence-corrected chi connectivity index (χ1v) is 6.67. The average molecular weight is 242 g/mol. The van der Waals surface area contributed by atoms with E-state index in [1.807, 2.05) is 7.05 Å². The van der Waals surface area contributed by atoms with Crippen LogP contribution in [0.1, 0.15) is 19.3 Å². The number of nitrogens with zero attached hydrogens (tertiary/aromatic N) is 3. The Morgan fingerprint density at radius 3 is 2.41 bits per heavy atom. The van der Waals surface area contributed by atoms with E-state index in [-0.39, 0.29) is 5.79 Å². The van der Waals surface area contributed by atoms with E-state index in [2.05, 4.69) is 34.3 Å². The second kappa shape index (κ2) is 5.63. The highest BCUT2D eigenvalue weighted by Crippen LogP contribution is 2.24. The number of piperidine rings is 1. The van der Waals surface area contributed by atoms with Crippen molar-refractivity contribution in [3.8, 4) is 0 Å². The minimum Gasteiger partial charge on any atom is -0.375 e. The highest BCUT2D eigenvalue weighted by molar-refractivity contribution is 4.87. The van der Waals surface area contributed by atoms with Crippen LogP contribution in [0.3, 0.4) is 0 Å². The number of hydrogen-bond acceptors (Lipinski definition) is 5. The van der Waals surface area contributed by atoms with Crippen LogP contribution in [0.4, 0.5) is 0 Å². The van der Waals surface area contributed by atoms with Crippen LogP contribution >= 0.6 is 0 Å². The van der Waals surface area contributed by atoms with Crippen molar-refractivity contribution in [2.24, 2.45) is 0 Å². The molecule has 1 atom stereocenters. The molecule has 17 heavy (non-hydrogen) atoms. The van der Waals surface area contributed by atoms with Gasteiger partial charge in [-0.05, 0) is 34.0 Å². The summed E-state index contributed by atoms with van der Waals surface area (Å²) in [4.78, 5) is 2.22. The molecule has 0 aromatic rings. The predicted octanol–water partition coefficient (Wildman–Crippen LogP) is 0.154. The first-order chi connectivity index (χ1) is 8.20. The molecule has 2 saturated heterocycles. The first kappa shape index (κ1) is 13.2. The van der Waals surface area contributed by atoms with E-state index in [9.17, 15) is 0 Å². The third kappa shape index (κ3) is 2.48. The van der Waals surface area contributed by atoms with Gasteiger partial charge in [0.2, 0.25) is 0 Å². The van der Waals surface area contributed by atoms with Gasteiger partial charge in [-0.2, -0.15) is 0 Å². The van der Waals surface area contributed by atoms with Crippen molar-refractivity contribution >= 4 is 0 Å². The van der Waals surface area contributed by atoms with E-state index >= 15 is 0 Å². The van der Waals surface area contributed by atoms with Crippen LogP contribution in [0, 0.1) is 0 Å². The van der Waals surface area contributed by atoms with Crippen molar-refractivity contribution in [1.29, 1.82) is 0 Å². The molecule has 0 bridgehead atoms. The van der Waals surface area contributed by atoms with Crippen molar-refractivity contribution in [1.82, 2.24) is 20.2 Å². The lowest BCUT2D eigenvalue weighted by atomic mass is 10.1. The van der Waals surface area contributed by atoms with E-state index in [0.717, 1.165) is 13.2 Å². The zero-order valence-electron chi connectivity index (χ0n) is 11.4. The lowest BCUT2D eigenvalue weighted by Gasteiger charge is -2.54. The van der Waals surface area contributed by atoms with E-state index in [1.165, 1.54) is 32.4 Å². The van der Waals surface area contributed by atoms with Gasteiger partial charge in [0.25, 0.3) is 0 Å². The van der Waals surface area contributed by atoms with Crippen molar-refractivity contribution in [2.45, 2.75) is 25.0 Å². The summed E-state index contributed by atoms with van der Waals surface area (Å²) in [5.41, 5.74) is 0. The molecule has 5 heteroatoms. The second-order valence-electron chi connectivity index (χ2n) is 5.15. The van der Waals surface area contributed by atoms with Crippen LogP contribution < -0.4 is 5.32 Å². The maximum absolute atomic E-state index is 5.69. The Bertz CT molecular complexity index is 243. The monoisotopic (exact) mass is 242 g/mol. The Morgan fingerprint density at radius 2 is 1.82 bits per heavy atom. The highest BCUT2D eigenvalue weighted by Gasteiger charge is 2.43. The molecule has 5 nitrogen and oxygen atoms in total. The van der Waals surface area contributed by atoms with E-state index in [0.29, 0.717) is 6.61 Å². The van der Waals surface area contributed by atoms with Gasteiger partial charge in [0.15, 0.2) is 5.79 Å². The summed E-state index contributed by atoms with van der Waals surface area (Å²) >= 11 is 0. The molecule has 2 fully saturated rings. The molecule has 2 rings (SSSR count). The summed E-state index contributed by atoms with van der Waals surface area (Å²) in [5, 5.41) is 8.42. The number of nitrogens with one attached hydrogen (secondary N) is 1. The Labute approximate surface area is 105 Å². The van der Waals surface area contributed by atoms with Gasteiger partial charge in [0, 0.05) is 19.6 Å². The van der Waals surface area contributed by atoms with Crippen LogP contribution in [0.5, 0.6) is 0 Å². The third-order valence-corrected chi connectivity index (χ3v) is 3.99. The molecular formula is C12H26N4O. The molecule has 2 aliphatic heterocycles. The number of hydrazine groups is 1. The molecular weight excluding hydrogens is 216 g/mol. The molecule has 1 N–H and O–H groups in total. The maximum Gasteiger partial charge on any atom is 0.165 e. The SMILES string of the molecule is CNC1(N(C)C)COCCN1N1CCCCC1. The molecule has 2 aliphatic rings. The Morgan fingerprint density at radius 1 is 1.12 bits per heavy atom. The Balaban J connectivity index is 2.14. The second-order valence-corrected chi connectivity index (χ2v) is 5.15. The normalized spacial score (nSPS) is 33.2. The van der Waals surface area contributed by atoms with Crippen LogP contribution in [0.25, 0.3) is 0 Å². The van der Waals surface area contributed by atoms with Crippen LogP contribution in [-0.4, -0.2) is 74.7 Å². The summed E-state index contributed by atoms with van der Waals surface area (Å²) < 4.78 is 5.69. The van der Waals surface area contributed by atoms with Crippen molar-refractivity contribution < 1.29 is 4.74 Å². The standard InChI is InChI=1S/C12H26N4O/c1-13-12(14(2)3)11-17-10-9-16(12)15-7-5-4-6-8-15/h13H,4-11H2,1-3H3. The lowest BCUT2D eigenvalue weighted by Crippen LogP contribution is -2.75. The summed E-state index contributed by atoms with van der Waals surface area (Å²) in [7, 11) is 6.25. The zero-order chi connectivity index (χ0) is 12.3. The fraction of sp³-hybridized carbons (Fsp3) is 1.00. The smallest absolute Gasteiger partial charge is 0.165 e. The number of morpholine rings is 1. The summed E-state index contributed by atoms with van der Waals surface area (Å²) in [6.07, 6.45) is 3.99. The average Bonchev–Trinajstić information content (AvgIpc) is 2.39. The van der Waals surface area contributed by atoms with Gasteiger partial charge in [-0.25, -0.2) is 10.0 Å². The summed E-state index contributed by atoms with van der Waals surface area (Å²) in [5.74, 6) is -0.185. The summed E-state index contributed by atoms with van der Waals surface area (Å²) in [6, 6.07) is 0. The molecule has 100 valence electrons. The van der Waals surface area contributed by atoms with Gasteiger partial charge in [0.05, 0.1) is 13.2 Å². The molecule has 0 saturated carbocycles. The molecule has 0 aliphatic carbocycles. The molecule has 0 amide bonds. The Hall–Kier alpha value is -0.200. The van der Waals surface area contributed by atoms with Crippen molar-refractivity contribution in [3.05, 3.63) is 0 Å². The number of hydrogen-bond donors (Lipinski definition) is 1. The summed E-state index contributed by atoms with van der Waals surface area (Å²) in [6.45, 7) is 4.87. The maximum atomic E-state index is 5.69. The first-order valence-electron chi connectivity index (χ1n) is 6.67. The van der Waals surface area contributed by atoms with Crippen LogP contribution in [-0.2, 0) is 4.74 Å². The molecule has 2 heterocycles. The topological polar surface area (TPSA) is 31.0 Å². The molecule has 1 unspecified atom stereocenters. The number of ether oxygens (including phenoxy) is 1. The van der Waals surface area contributed by atoms with Gasteiger partial charge in [-0.1, -0.05) is 6.42 Å². The molecule has 0 radical (unpaired) electrons. The molecule has 0 spiro atoms. The van der Waals surface area contributed by atoms with Gasteiger partial charge in [-0.3, -0.25) is 10.2 Å². The van der Waals surface area contributed by atoms with E-state index < -0.39 is 0 Å². The quantitative estimate of drug-likeness (QED) is 0.712. The van der Waals surface area contributed by atoms with Crippen molar-refractivity contribution in [2.75, 3.05) is 54.0 Å². The third-order valence-electron chi connectivity index (χ3n) is 3.99. The fourth-order valence-corrected chi connectivity index (χ4v) is 2.90. The fourth-order valence-electron chi connectivity index (χ4n) is 2.90. The van der Waals surface area contributed by atoms with Gasteiger partial charge < -0.3 is 4.74 Å². The highest BCUT2D eigenvalue weighted by atomic mass is 16.5. The van der Waals surface area contributed by atoms with Crippen LogP contribution in [0.15, 0.2) is 0 Å². The predicted molar refractivity (Wildman–Crippen MR) is 68.4 cm³/mol. The van der Waals surface area contributed by atoms with Crippen molar-refractivity contribution in [3.63, 3.8) is 0 Å². The van der Waals surface area contributed by atoms with E-state index in [4.69, 9.17) is 4.74 Å². The van der Waals surface area contributed by atoms with Crippen LogP contribution in [0.2, 0.25) is 0 Å².